The zero-order valence-corrected chi connectivity index (χ0v) is 16.0. The van der Waals surface area contributed by atoms with Crippen LogP contribution in [-0.4, -0.2) is 10.8 Å². The second-order valence-electron chi connectivity index (χ2n) is 6.88. The Balaban J connectivity index is 1.80. The molecule has 1 aromatic heterocycles. The lowest BCUT2D eigenvalue weighted by atomic mass is 10.1. The number of carbonyl (C=O) groups excluding carboxylic acids is 1. The van der Waals surface area contributed by atoms with Crippen molar-refractivity contribution in [3.8, 4) is 0 Å². The zero-order chi connectivity index (χ0) is 19.5. The van der Waals surface area contributed by atoms with Crippen molar-refractivity contribution in [2.75, 3.05) is 5.32 Å². The Hall–Kier alpha value is -3.59. The molecule has 0 unspecified atom stereocenters. The second kappa shape index (κ2) is 7.57. The molecule has 138 valence electrons. The van der Waals surface area contributed by atoms with Gasteiger partial charge < -0.3 is 10.3 Å². The fourth-order valence-corrected chi connectivity index (χ4v) is 3.42. The van der Waals surface area contributed by atoms with Crippen molar-refractivity contribution in [2.45, 2.75) is 13.8 Å². The number of ketones is 1. The quantitative estimate of drug-likeness (QED) is 0.330. The highest BCUT2D eigenvalue weighted by Crippen LogP contribution is 2.31. The summed E-state index contributed by atoms with van der Waals surface area (Å²) in [6.45, 7) is 4.19. The van der Waals surface area contributed by atoms with Gasteiger partial charge in [0.15, 0.2) is 5.78 Å². The molecule has 1 heterocycles. The molecule has 0 bridgehead atoms. The van der Waals surface area contributed by atoms with E-state index in [0.29, 0.717) is 5.56 Å². The van der Waals surface area contributed by atoms with Gasteiger partial charge in [0.25, 0.3) is 0 Å². The van der Waals surface area contributed by atoms with E-state index < -0.39 is 0 Å². The van der Waals surface area contributed by atoms with Crippen LogP contribution in [0.1, 0.15) is 27.2 Å². The molecule has 4 rings (SSSR count). The van der Waals surface area contributed by atoms with E-state index >= 15 is 0 Å². The van der Waals surface area contributed by atoms with Crippen molar-refractivity contribution in [1.82, 2.24) is 4.98 Å². The standard InChI is InChI=1S/C25H22N2O/c1-17-18(2)26-21-14-9-15-22(25(17)21)27-23(19-10-5-3-6-11-19)16-24(28)20-12-7-4-8-13-20/h3-16,26-27H,1-2H3/b23-16+. The van der Waals surface area contributed by atoms with Crippen molar-refractivity contribution in [3.63, 3.8) is 0 Å². The van der Waals surface area contributed by atoms with Crippen LogP contribution in [0.2, 0.25) is 0 Å². The van der Waals surface area contributed by atoms with Crippen LogP contribution >= 0.6 is 0 Å². The zero-order valence-electron chi connectivity index (χ0n) is 16.0. The number of carbonyl (C=O) groups is 1. The number of allylic oxidation sites excluding steroid dienone is 1. The molecule has 0 radical (unpaired) electrons. The predicted octanol–water partition coefficient (Wildman–Crippen LogP) is 6.12. The van der Waals surface area contributed by atoms with Gasteiger partial charge >= 0.3 is 0 Å². The minimum atomic E-state index is -0.0268. The van der Waals surface area contributed by atoms with E-state index in [4.69, 9.17) is 0 Å². The SMILES string of the molecule is Cc1[nH]c2cccc(N/C(=C/C(=O)c3ccccc3)c3ccccc3)c2c1C. The summed E-state index contributed by atoms with van der Waals surface area (Å²) >= 11 is 0. The molecule has 3 nitrogen and oxygen atoms in total. The van der Waals surface area contributed by atoms with E-state index in [9.17, 15) is 4.79 Å². The second-order valence-corrected chi connectivity index (χ2v) is 6.88. The van der Waals surface area contributed by atoms with Crippen LogP contribution in [0.5, 0.6) is 0 Å². The van der Waals surface area contributed by atoms with Gasteiger partial charge in [-0.1, -0.05) is 66.7 Å². The van der Waals surface area contributed by atoms with E-state index in [0.717, 1.165) is 33.5 Å². The molecule has 0 saturated carbocycles. The van der Waals surface area contributed by atoms with Crippen LogP contribution in [0, 0.1) is 13.8 Å². The minimum Gasteiger partial charge on any atom is -0.358 e. The molecule has 0 fully saturated rings. The van der Waals surface area contributed by atoms with E-state index in [-0.39, 0.29) is 5.78 Å². The molecule has 0 aliphatic heterocycles. The number of benzene rings is 3. The Morgan fingerprint density at radius 2 is 1.46 bits per heavy atom. The first-order chi connectivity index (χ1) is 13.6. The van der Waals surface area contributed by atoms with Crippen LogP contribution in [0.4, 0.5) is 5.69 Å². The molecule has 0 spiro atoms. The van der Waals surface area contributed by atoms with Crippen LogP contribution in [-0.2, 0) is 0 Å². The van der Waals surface area contributed by atoms with Gasteiger partial charge in [0.2, 0.25) is 0 Å². The molecule has 4 aromatic rings. The summed E-state index contributed by atoms with van der Waals surface area (Å²) in [7, 11) is 0. The highest BCUT2D eigenvalue weighted by molar-refractivity contribution is 6.10. The van der Waals surface area contributed by atoms with E-state index in [2.05, 4.69) is 30.2 Å². The van der Waals surface area contributed by atoms with Gasteiger partial charge in [-0.05, 0) is 37.1 Å². The fourth-order valence-electron chi connectivity index (χ4n) is 3.42. The Labute approximate surface area is 164 Å². The highest BCUT2D eigenvalue weighted by atomic mass is 16.1. The molecule has 28 heavy (non-hydrogen) atoms. The summed E-state index contributed by atoms with van der Waals surface area (Å²) in [4.78, 5) is 16.3. The van der Waals surface area contributed by atoms with E-state index in [1.807, 2.05) is 72.8 Å². The number of nitrogens with one attached hydrogen (secondary N) is 2. The Kier molecular flexibility index (Phi) is 4.81. The number of fused-ring (bicyclic) bond motifs is 1. The van der Waals surface area contributed by atoms with Crippen molar-refractivity contribution >= 4 is 28.1 Å². The normalized spacial score (nSPS) is 11.6. The van der Waals surface area contributed by atoms with Crippen LogP contribution < -0.4 is 5.32 Å². The average Bonchev–Trinajstić information content (AvgIpc) is 3.03. The molecule has 0 saturated heterocycles. The number of aryl methyl sites for hydroxylation is 2. The molecule has 2 N–H and O–H groups in total. The number of aromatic amines is 1. The summed E-state index contributed by atoms with van der Waals surface area (Å²) in [5.74, 6) is -0.0268. The van der Waals surface area contributed by atoms with Gasteiger partial charge in [0.05, 0.1) is 0 Å². The Bertz CT molecular complexity index is 1160. The monoisotopic (exact) mass is 366 g/mol. The van der Waals surface area contributed by atoms with Crippen LogP contribution in [0.15, 0.2) is 84.9 Å². The van der Waals surface area contributed by atoms with Gasteiger partial charge in [-0.25, -0.2) is 0 Å². The predicted molar refractivity (Wildman–Crippen MR) is 117 cm³/mol. The van der Waals surface area contributed by atoms with E-state index in [1.165, 1.54) is 5.56 Å². The maximum absolute atomic E-state index is 12.8. The third-order valence-corrected chi connectivity index (χ3v) is 5.01. The topological polar surface area (TPSA) is 44.9 Å². The molecule has 3 heteroatoms. The van der Waals surface area contributed by atoms with Gasteiger partial charge in [-0.2, -0.15) is 0 Å². The average molecular weight is 366 g/mol. The molecule has 0 atom stereocenters. The van der Waals surface area contributed by atoms with Crippen LogP contribution in [0.3, 0.4) is 0 Å². The Morgan fingerprint density at radius 1 is 0.821 bits per heavy atom. The lowest BCUT2D eigenvalue weighted by Gasteiger charge is -2.13. The summed E-state index contributed by atoms with van der Waals surface area (Å²) in [5.41, 5.74) is 6.84. The number of aromatic nitrogens is 1. The number of H-pyrrole nitrogens is 1. The molecule has 0 aliphatic rings. The number of hydrogen-bond donors (Lipinski definition) is 2. The largest absolute Gasteiger partial charge is 0.358 e. The first-order valence-electron chi connectivity index (χ1n) is 9.35. The smallest absolute Gasteiger partial charge is 0.187 e. The minimum absolute atomic E-state index is 0.0268. The van der Waals surface area contributed by atoms with Gasteiger partial charge in [-0.3, -0.25) is 4.79 Å². The molecule has 3 aromatic carbocycles. The molecule has 0 amide bonds. The summed E-state index contributed by atoms with van der Waals surface area (Å²) in [6.07, 6.45) is 1.68. The van der Waals surface area contributed by atoms with Crippen LogP contribution in [0.25, 0.3) is 16.6 Å². The maximum Gasteiger partial charge on any atom is 0.187 e. The Morgan fingerprint density at radius 3 is 2.14 bits per heavy atom. The lowest BCUT2D eigenvalue weighted by Crippen LogP contribution is -2.04. The first-order valence-corrected chi connectivity index (χ1v) is 9.35. The summed E-state index contributed by atoms with van der Waals surface area (Å²) in [6, 6.07) is 25.4. The van der Waals surface area contributed by atoms with E-state index in [1.54, 1.807) is 6.08 Å². The first kappa shape index (κ1) is 17.8. The maximum atomic E-state index is 12.8. The highest BCUT2D eigenvalue weighted by Gasteiger charge is 2.12. The summed E-state index contributed by atoms with van der Waals surface area (Å²) < 4.78 is 0. The van der Waals surface area contributed by atoms with Crippen molar-refractivity contribution in [2.24, 2.45) is 0 Å². The van der Waals surface area contributed by atoms with Crippen molar-refractivity contribution < 1.29 is 4.79 Å². The van der Waals surface area contributed by atoms with Crippen molar-refractivity contribution in [3.05, 3.63) is 107 Å². The third-order valence-electron chi connectivity index (χ3n) is 5.01. The van der Waals surface area contributed by atoms with Gasteiger partial charge in [0, 0.05) is 39.6 Å². The molecular formula is C25H22N2O. The number of hydrogen-bond acceptors (Lipinski definition) is 2. The molecule has 0 aliphatic carbocycles. The third kappa shape index (κ3) is 3.47. The number of anilines is 1. The number of rotatable bonds is 5. The fraction of sp³-hybridized carbons (Fsp3) is 0.0800. The lowest BCUT2D eigenvalue weighted by molar-refractivity contribution is 0.104. The van der Waals surface area contributed by atoms with Gasteiger partial charge in [0.1, 0.15) is 0 Å². The molecular weight excluding hydrogens is 344 g/mol. The summed E-state index contributed by atoms with van der Waals surface area (Å²) in [5, 5.41) is 4.66. The van der Waals surface area contributed by atoms with Gasteiger partial charge in [-0.15, -0.1) is 0 Å². The van der Waals surface area contributed by atoms with Crippen molar-refractivity contribution in [1.29, 1.82) is 0 Å².